The molecule has 0 aliphatic rings. The van der Waals surface area contributed by atoms with Crippen LogP contribution in [0.1, 0.15) is 71.1 Å². The normalized spacial score (nSPS) is 13.0. The molecule has 0 aromatic carbocycles. The molecule has 0 aliphatic heterocycles. The molecule has 0 spiro atoms. The van der Waals surface area contributed by atoms with Gasteiger partial charge in [0.05, 0.1) is 6.61 Å². The summed E-state index contributed by atoms with van der Waals surface area (Å²) in [5, 5.41) is 9.31. The maximum absolute atomic E-state index is 11.4. The number of esters is 1. The number of aliphatic hydroxyl groups is 1. The van der Waals surface area contributed by atoms with Gasteiger partial charge in [-0.15, -0.1) is 0 Å². The molecule has 138 valence electrons. The molecule has 0 saturated heterocycles. The first kappa shape index (κ1) is 22.3. The first-order chi connectivity index (χ1) is 10.8. The third-order valence-corrected chi connectivity index (χ3v) is 3.76. The van der Waals surface area contributed by atoms with E-state index in [0.717, 1.165) is 19.3 Å². The monoisotopic (exact) mass is 354 g/mol. The summed E-state index contributed by atoms with van der Waals surface area (Å²) in [6.45, 7) is 1.19. The fourth-order valence-electron chi connectivity index (χ4n) is 2.05. The van der Waals surface area contributed by atoms with Gasteiger partial charge in [-0.05, 0) is 6.42 Å². The zero-order valence-corrected chi connectivity index (χ0v) is 14.7. The molecular formula is C15H30O7S. The van der Waals surface area contributed by atoms with Crippen LogP contribution in [-0.2, 0) is 24.1 Å². The third-order valence-electron chi connectivity index (χ3n) is 3.33. The van der Waals surface area contributed by atoms with Crippen LogP contribution in [0.4, 0.5) is 0 Å². The number of hydrogen-bond acceptors (Lipinski definition) is 6. The summed E-state index contributed by atoms with van der Waals surface area (Å²) in [5.41, 5.74) is 0. The topological polar surface area (TPSA) is 110 Å². The van der Waals surface area contributed by atoms with Crippen LogP contribution in [-0.4, -0.2) is 43.4 Å². The van der Waals surface area contributed by atoms with Crippen molar-refractivity contribution in [3.05, 3.63) is 0 Å². The summed E-state index contributed by atoms with van der Waals surface area (Å²) in [6.07, 6.45) is 9.35. The summed E-state index contributed by atoms with van der Waals surface area (Å²) >= 11 is 0. The van der Waals surface area contributed by atoms with Crippen LogP contribution in [0, 0.1) is 0 Å². The van der Waals surface area contributed by atoms with Gasteiger partial charge in [0.2, 0.25) is 0 Å². The predicted octanol–water partition coefficient (Wildman–Crippen LogP) is 2.63. The fourth-order valence-corrected chi connectivity index (χ4v) is 2.38. The molecule has 2 N–H and O–H groups in total. The zero-order valence-electron chi connectivity index (χ0n) is 13.9. The fraction of sp³-hybridized carbons (Fsp3) is 0.933. The Balaban J connectivity index is 3.43. The predicted molar refractivity (Wildman–Crippen MR) is 86.3 cm³/mol. The Bertz CT molecular complexity index is 395. The molecule has 0 fully saturated rings. The van der Waals surface area contributed by atoms with E-state index in [9.17, 15) is 18.3 Å². The molecule has 0 bridgehead atoms. The number of ether oxygens (including phenoxy) is 1. The Morgan fingerprint density at radius 3 is 2.00 bits per heavy atom. The molecule has 0 aliphatic carbocycles. The molecule has 8 heteroatoms. The van der Waals surface area contributed by atoms with E-state index < -0.39 is 29.1 Å². The summed E-state index contributed by atoms with van der Waals surface area (Å²) in [5.74, 6) is -0.432. The lowest BCUT2D eigenvalue weighted by atomic mass is 10.1. The number of aliphatic hydroxyl groups excluding tert-OH is 1. The van der Waals surface area contributed by atoms with Crippen molar-refractivity contribution >= 4 is 16.4 Å². The van der Waals surface area contributed by atoms with Gasteiger partial charge in [-0.3, -0.25) is 9.35 Å². The lowest BCUT2D eigenvalue weighted by Gasteiger charge is -2.10. The summed E-state index contributed by atoms with van der Waals surface area (Å²) in [7, 11) is -4.59. The number of hydrogen-bond donors (Lipinski definition) is 2. The Labute approximate surface area is 139 Å². The van der Waals surface area contributed by atoms with Crippen molar-refractivity contribution in [1.82, 2.24) is 0 Å². The third kappa shape index (κ3) is 17.5. The molecule has 1 atom stereocenters. The van der Waals surface area contributed by atoms with Gasteiger partial charge in [0.15, 0.2) is 0 Å². The minimum Gasteiger partial charge on any atom is -0.463 e. The van der Waals surface area contributed by atoms with E-state index in [1.165, 1.54) is 38.5 Å². The van der Waals surface area contributed by atoms with E-state index in [0.29, 0.717) is 0 Å². The average molecular weight is 354 g/mol. The van der Waals surface area contributed by atoms with Crippen molar-refractivity contribution in [2.45, 2.75) is 77.2 Å². The van der Waals surface area contributed by atoms with Crippen molar-refractivity contribution in [2.75, 3.05) is 13.2 Å². The number of rotatable bonds is 15. The van der Waals surface area contributed by atoms with Gasteiger partial charge in [-0.2, -0.15) is 8.42 Å². The molecule has 0 saturated carbocycles. The smallest absolute Gasteiger partial charge is 0.397 e. The molecule has 0 amide bonds. The SMILES string of the molecule is CCCCCCCCCCCC(=O)OCC(O)COS(=O)(=O)O. The highest BCUT2D eigenvalue weighted by molar-refractivity contribution is 7.80. The van der Waals surface area contributed by atoms with Crippen LogP contribution in [0.2, 0.25) is 0 Å². The largest absolute Gasteiger partial charge is 0.463 e. The second-order valence-electron chi connectivity index (χ2n) is 5.63. The van der Waals surface area contributed by atoms with Gasteiger partial charge in [-0.25, -0.2) is 4.18 Å². The van der Waals surface area contributed by atoms with Gasteiger partial charge in [0, 0.05) is 6.42 Å². The second kappa shape index (κ2) is 13.7. The van der Waals surface area contributed by atoms with Crippen LogP contribution in [0.15, 0.2) is 0 Å². The van der Waals surface area contributed by atoms with Crippen LogP contribution in [0.5, 0.6) is 0 Å². The Morgan fingerprint density at radius 2 is 1.48 bits per heavy atom. The van der Waals surface area contributed by atoms with Crippen molar-refractivity contribution in [3.63, 3.8) is 0 Å². The molecule has 0 heterocycles. The number of carbonyl (C=O) groups excluding carboxylic acids is 1. The van der Waals surface area contributed by atoms with Gasteiger partial charge in [-0.1, -0.05) is 58.3 Å². The van der Waals surface area contributed by atoms with Gasteiger partial charge in [0.1, 0.15) is 12.7 Å². The minimum absolute atomic E-state index is 0.279. The highest BCUT2D eigenvalue weighted by Gasteiger charge is 2.13. The molecule has 7 nitrogen and oxygen atoms in total. The minimum atomic E-state index is -4.59. The van der Waals surface area contributed by atoms with Crippen molar-refractivity contribution in [3.8, 4) is 0 Å². The van der Waals surface area contributed by atoms with Crippen molar-refractivity contribution in [1.29, 1.82) is 0 Å². The molecule has 0 rings (SSSR count). The van der Waals surface area contributed by atoms with Gasteiger partial charge < -0.3 is 9.84 Å². The zero-order chi connectivity index (χ0) is 17.6. The van der Waals surface area contributed by atoms with E-state index in [1.54, 1.807) is 0 Å². The molecule has 1 unspecified atom stereocenters. The standard InChI is InChI=1S/C15H30O7S/c1-2-3-4-5-6-7-8-9-10-11-15(17)21-12-14(16)13-22-23(18,19)20/h14,16H,2-13H2,1H3,(H,18,19,20). The number of carbonyl (C=O) groups is 1. The van der Waals surface area contributed by atoms with Crippen LogP contribution < -0.4 is 0 Å². The first-order valence-corrected chi connectivity index (χ1v) is 9.67. The Hall–Kier alpha value is -0.700. The van der Waals surface area contributed by atoms with E-state index >= 15 is 0 Å². The van der Waals surface area contributed by atoms with Crippen molar-refractivity contribution in [2.24, 2.45) is 0 Å². The van der Waals surface area contributed by atoms with E-state index in [2.05, 4.69) is 11.1 Å². The highest BCUT2D eigenvalue weighted by atomic mass is 32.3. The molecule has 0 aromatic heterocycles. The second-order valence-corrected chi connectivity index (χ2v) is 6.72. The van der Waals surface area contributed by atoms with Crippen LogP contribution in [0.25, 0.3) is 0 Å². The Morgan fingerprint density at radius 1 is 0.957 bits per heavy atom. The van der Waals surface area contributed by atoms with E-state index in [4.69, 9.17) is 9.29 Å². The first-order valence-electron chi connectivity index (χ1n) is 8.30. The molecule has 0 radical (unpaired) electrons. The van der Waals surface area contributed by atoms with E-state index in [1.807, 2.05) is 0 Å². The number of unbranched alkanes of at least 4 members (excludes halogenated alkanes) is 8. The summed E-state index contributed by atoms with van der Waals surface area (Å²) < 4.78 is 37.7. The van der Waals surface area contributed by atoms with Crippen LogP contribution >= 0.6 is 0 Å². The lowest BCUT2D eigenvalue weighted by molar-refractivity contribution is -0.147. The maximum Gasteiger partial charge on any atom is 0.397 e. The van der Waals surface area contributed by atoms with Crippen molar-refractivity contribution < 1.29 is 31.8 Å². The average Bonchev–Trinajstić information content (AvgIpc) is 2.48. The summed E-state index contributed by atoms with van der Waals surface area (Å²) in [6, 6.07) is 0. The van der Waals surface area contributed by atoms with Crippen LogP contribution in [0.3, 0.4) is 0 Å². The van der Waals surface area contributed by atoms with Gasteiger partial charge in [0.25, 0.3) is 0 Å². The van der Waals surface area contributed by atoms with Gasteiger partial charge >= 0.3 is 16.4 Å². The summed E-state index contributed by atoms with van der Waals surface area (Å²) in [4.78, 5) is 11.4. The quantitative estimate of drug-likeness (QED) is 0.264. The lowest BCUT2D eigenvalue weighted by Crippen LogP contribution is -2.25. The highest BCUT2D eigenvalue weighted by Crippen LogP contribution is 2.10. The van der Waals surface area contributed by atoms with E-state index in [-0.39, 0.29) is 13.0 Å². The maximum atomic E-state index is 11.4. The molecule has 23 heavy (non-hydrogen) atoms. The molecule has 0 aromatic rings. The molecular weight excluding hydrogens is 324 g/mol. The Kier molecular flexibility index (Phi) is 13.3.